The summed E-state index contributed by atoms with van der Waals surface area (Å²) >= 11 is 3.33. The molecule has 0 N–H and O–H groups in total. The van der Waals surface area contributed by atoms with Gasteiger partial charge in [-0.3, -0.25) is 0 Å². The first kappa shape index (κ1) is 20.2. The molecular formula is C19H29BrN2O3. The summed E-state index contributed by atoms with van der Waals surface area (Å²) in [4.78, 5) is 18.1. The van der Waals surface area contributed by atoms with Crippen LogP contribution in [0, 0.1) is 5.92 Å². The molecule has 0 atom stereocenters. The molecule has 0 saturated carbocycles. The second-order valence-corrected chi connectivity index (χ2v) is 8.41. The van der Waals surface area contributed by atoms with Crippen LogP contribution < -0.4 is 0 Å². The standard InChI is InChI=1S/C19H29BrN2O3/c1-19(2,3)25-18(23)22-10-8-15(9-11-22)5-4-12-24-14-16-6-7-17(20)21-13-16/h6-7,13,15H,4-5,8-12,14H2,1-3H3. The minimum absolute atomic E-state index is 0.183. The number of carbonyl (C=O) groups excluding carboxylic acids is 1. The number of rotatable bonds is 6. The highest BCUT2D eigenvalue weighted by Gasteiger charge is 2.26. The van der Waals surface area contributed by atoms with Crippen LogP contribution in [0.1, 0.15) is 52.0 Å². The molecule has 1 aliphatic rings. The van der Waals surface area contributed by atoms with Crippen LogP contribution in [0.25, 0.3) is 0 Å². The van der Waals surface area contributed by atoms with Gasteiger partial charge in [-0.05, 0) is 79.9 Å². The van der Waals surface area contributed by atoms with E-state index in [1.54, 1.807) is 0 Å². The Hall–Kier alpha value is -1.14. The van der Waals surface area contributed by atoms with Gasteiger partial charge in [-0.1, -0.05) is 6.07 Å². The second-order valence-electron chi connectivity index (χ2n) is 7.59. The van der Waals surface area contributed by atoms with Crippen LogP contribution in [-0.4, -0.2) is 41.3 Å². The first-order valence-electron chi connectivity index (χ1n) is 8.99. The molecule has 0 unspecified atom stereocenters. The first-order valence-corrected chi connectivity index (χ1v) is 9.79. The summed E-state index contributed by atoms with van der Waals surface area (Å²) in [6, 6.07) is 3.95. The molecule has 6 heteroatoms. The molecule has 1 aromatic heterocycles. The van der Waals surface area contributed by atoms with E-state index < -0.39 is 5.60 Å². The number of piperidine rings is 1. The highest BCUT2D eigenvalue weighted by molar-refractivity contribution is 9.10. The SMILES string of the molecule is CC(C)(C)OC(=O)N1CCC(CCCOCc2ccc(Br)nc2)CC1. The molecule has 0 aromatic carbocycles. The van der Waals surface area contributed by atoms with E-state index in [1.165, 1.54) is 0 Å². The van der Waals surface area contributed by atoms with Gasteiger partial charge in [0.25, 0.3) is 0 Å². The number of aromatic nitrogens is 1. The van der Waals surface area contributed by atoms with E-state index in [2.05, 4.69) is 20.9 Å². The van der Waals surface area contributed by atoms with Crippen LogP contribution in [0.4, 0.5) is 4.79 Å². The number of hydrogen-bond donors (Lipinski definition) is 0. The highest BCUT2D eigenvalue weighted by atomic mass is 79.9. The monoisotopic (exact) mass is 412 g/mol. The molecule has 0 spiro atoms. The third kappa shape index (κ3) is 7.74. The fourth-order valence-corrected chi connectivity index (χ4v) is 3.12. The topological polar surface area (TPSA) is 51.7 Å². The third-order valence-corrected chi connectivity index (χ3v) is 4.69. The highest BCUT2D eigenvalue weighted by Crippen LogP contribution is 2.23. The molecule has 2 heterocycles. The van der Waals surface area contributed by atoms with Gasteiger partial charge in [0, 0.05) is 25.9 Å². The Balaban J connectivity index is 1.56. The van der Waals surface area contributed by atoms with Crippen molar-refractivity contribution < 1.29 is 14.3 Å². The van der Waals surface area contributed by atoms with E-state index in [0.29, 0.717) is 12.5 Å². The van der Waals surface area contributed by atoms with Gasteiger partial charge < -0.3 is 14.4 Å². The smallest absolute Gasteiger partial charge is 0.410 e. The zero-order chi connectivity index (χ0) is 18.3. The number of carbonyl (C=O) groups is 1. The molecule has 0 radical (unpaired) electrons. The lowest BCUT2D eigenvalue weighted by Crippen LogP contribution is -2.41. The van der Waals surface area contributed by atoms with E-state index in [9.17, 15) is 4.79 Å². The van der Waals surface area contributed by atoms with E-state index in [0.717, 1.165) is 55.5 Å². The maximum atomic E-state index is 12.1. The van der Waals surface area contributed by atoms with Gasteiger partial charge >= 0.3 is 6.09 Å². The summed E-state index contributed by atoms with van der Waals surface area (Å²) in [6.45, 7) is 8.68. The second kappa shape index (κ2) is 9.53. The molecule has 140 valence electrons. The van der Waals surface area contributed by atoms with Gasteiger partial charge in [0.15, 0.2) is 0 Å². The van der Waals surface area contributed by atoms with Crippen molar-refractivity contribution in [2.24, 2.45) is 5.92 Å². The quantitative estimate of drug-likeness (QED) is 0.497. The van der Waals surface area contributed by atoms with Crippen LogP contribution in [0.5, 0.6) is 0 Å². The Bertz CT molecular complexity index is 535. The molecule has 1 amide bonds. The number of ether oxygens (including phenoxy) is 2. The minimum atomic E-state index is -0.421. The molecule has 0 bridgehead atoms. The Morgan fingerprint density at radius 1 is 1.32 bits per heavy atom. The predicted molar refractivity (Wildman–Crippen MR) is 101 cm³/mol. The molecule has 1 aromatic rings. The van der Waals surface area contributed by atoms with Crippen molar-refractivity contribution in [1.29, 1.82) is 0 Å². The summed E-state index contributed by atoms with van der Waals surface area (Å²) in [7, 11) is 0. The minimum Gasteiger partial charge on any atom is -0.444 e. The summed E-state index contributed by atoms with van der Waals surface area (Å²) in [6.07, 6.45) is 5.96. The Labute approximate surface area is 159 Å². The van der Waals surface area contributed by atoms with Crippen LogP contribution >= 0.6 is 15.9 Å². The summed E-state index contributed by atoms with van der Waals surface area (Å²) in [5, 5.41) is 0. The summed E-state index contributed by atoms with van der Waals surface area (Å²) < 4.78 is 12.0. The van der Waals surface area contributed by atoms with Crippen molar-refractivity contribution >= 4 is 22.0 Å². The van der Waals surface area contributed by atoms with Crippen molar-refractivity contribution in [2.45, 2.75) is 58.7 Å². The van der Waals surface area contributed by atoms with Crippen molar-refractivity contribution in [3.05, 3.63) is 28.5 Å². The molecule has 1 fully saturated rings. The number of pyridine rings is 1. The summed E-state index contributed by atoms with van der Waals surface area (Å²) in [5.74, 6) is 0.677. The normalized spacial score (nSPS) is 16.1. The van der Waals surface area contributed by atoms with Crippen LogP contribution in [0.3, 0.4) is 0 Å². The van der Waals surface area contributed by atoms with Gasteiger partial charge in [0.2, 0.25) is 0 Å². The van der Waals surface area contributed by atoms with Crippen LogP contribution in [0.15, 0.2) is 22.9 Å². The van der Waals surface area contributed by atoms with Crippen molar-refractivity contribution in [3.63, 3.8) is 0 Å². The molecule has 25 heavy (non-hydrogen) atoms. The molecule has 0 aliphatic carbocycles. The largest absolute Gasteiger partial charge is 0.444 e. The molecule has 5 nitrogen and oxygen atoms in total. The van der Waals surface area contributed by atoms with Gasteiger partial charge in [-0.2, -0.15) is 0 Å². The number of hydrogen-bond acceptors (Lipinski definition) is 4. The maximum Gasteiger partial charge on any atom is 0.410 e. The zero-order valence-corrected chi connectivity index (χ0v) is 17.0. The van der Waals surface area contributed by atoms with E-state index in [4.69, 9.17) is 9.47 Å². The van der Waals surface area contributed by atoms with Crippen molar-refractivity contribution in [2.75, 3.05) is 19.7 Å². The average molecular weight is 413 g/mol. The fraction of sp³-hybridized carbons (Fsp3) is 0.684. The fourth-order valence-electron chi connectivity index (χ4n) is 2.89. The van der Waals surface area contributed by atoms with Gasteiger partial charge in [0.1, 0.15) is 10.2 Å². The van der Waals surface area contributed by atoms with E-state index >= 15 is 0 Å². The maximum absolute atomic E-state index is 12.1. The molecule has 1 saturated heterocycles. The number of halogens is 1. The molecular weight excluding hydrogens is 384 g/mol. The predicted octanol–water partition coefficient (Wildman–Crippen LogP) is 4.79. The van der Waals surface area contributed by atoms with E-state index in [1.807, 2.05) is 44.0 Å². The number of nitrogens with zero attached hydrogens (tertiary/aromatic N) is 2. The average Bonchev–Trinajstić information content (AvgIpc) is 2.55. The third-order valence-electron chi connectivity index (χ3n) is 4.22. The lowest BCUT2D eigenvalue weighted by Gasteiger charge is -2.33. The Morgan fingerprint density at radius 2 is 2.04 bits per heavy atom. The Morgan fingerprint density at radius 3 is 2.64 bits per heavy atom. The molecule has 2 rings (SSSR count). The van der Waals surface area contributed by atoms with E-state index in [-0.39, 0.29) is 6.09 Å². The molecule has 1 aliphatic heterocycles. The van der Waals surface area contributed by atoms with Gasteiger partial charge in [0.05, 0.1) is 6.61 Å². The van der Waals surface area contributed by atoms with Crippen molar-refractivity contribution in [1.82, 2.24) is 9.88 Å². The van der Waals surface area contributed by atoms with Crippen molar-refractivity contribution in [3.8, 4) is 0 Å². The lowest BCUT2D eigenvalue weighted by molar-refractivity contribution is 0.0176. The zero-order valence-electron chi connectivity index (χ0n) is 15.5. The van der Waals surface area contributed by atoms with Gasteiger partial charge in [-0.25, -0.2) is 9.78 Å². The number of likely N-dealkylation sites (tertiary alicyclic amines) is 1. The summed E-state index contributed by atoms with van der Waals surface area (Å²) in [5.41, 5.74) is 0.671. The van der Waals surface area contributed by atoms with Crippen LogP contribution in [0.2, 0.25) is 0 Å². The van der Waals surface area contributed by atoms with Gasteiger partial charge in [-0.15, -0.1) is 0 Å². The lowest BCUT2D eigenvalue weighted by atomic mass is 9.92. The number of amides is 1. The van der Waals surface area contributed by atoms with Crippen LogP contribution in [-0.2, 0) is 16.1 Å². The first-order chi connectivity index (χ1) is 11.8. The Kier molecular flexibility index (Phi) is 7.69.